The van der Waals surface area contributed by atoms with Gasteiger partial charge in [0.1, 0.15) is 5.82 Å². The van der Waals surface area contributed by atoms with Crippen molar-refractivity contribution in [2.45, 2.75) is 38.5 Å². The number of hydrogen-bond acceptors (Lipinski definition) is 2. The molecular formula is C15H21ClF4N2. The molecule has 0 saturated carbocycles. The van der Waals surface area contributed by atoms with E-state index in [0.29, 0.717) is 18.0 Å². The Morgan fingerprint density at radius 3 is 2.36 bits per heavy atom. The van der Waals surface area contributed by atoms with Gasteiger partial charge < -0.3 is 5.73 Å². The normalized spacial score (nSPS) is 18.8. The summed E-state index contributed by atoms with van der Waals surface area (Å²) in [6.45, 7) is 4.01. The zero-order valence-electron chi connectivity index (χ0n) is 12.4. The first-order valence-electron chi connectivity index (χ1n) is 7.11. The molecule has 22 heavy (non-hydrogen) atoms. The summed E-state index contributed by atoms with van der Waals surface area (Å²) in [5, 5.41) is 0. The van der Waals surface area contributed by atoms with E-state index in [1.54, 1.807) is 0 Å². The molecule has 0 aliphatic carbocycles. The molecule has 0 spiro atoms. The van der Waals surface area contributed by atoms with Crippen LogP contribution in [0.15, 0.2) is 18.2 Å². The second-order valence-corrected chi connectivity index (χ2v) is 5.78. The van der Waals surface area contributed by atoms with Crippen molar-refractivity contribution in [2.24, 2.45) is 11.7 Å². The maximum atomic E-state index is 13.2. The molecule has 1 fully saturated rings. The van der Waals surface area contributed by atoms with Gasteiger partial charge in [0.25, 0.3) is 0 Å². The Hall–Kier alpha value is -0.850. The highest BCUT2D eigenvalue weighted by Gasteiger charge is 2.34. The predicted octanol–water partition coefficient (Wildman–Crippen LogP) is 3.83. The summed E-state index contributed by atoms with van der Waals surface area (Å²) in [6, 6.07) is 3.37. The Balaban J connectivity index is 0.00000242. The summed E-state index contributed by atoms with van der Waals surface area (Å²) in [4.78, 5) is 2.09. The Bertz CT molecular complexity index is 483. The van der Waals surface area contributed by atoms with Crippen LogP contribution in [0.4, 0.5) is 17.6 Å². The van der Waals surface area contributed by atoms with Crippen molar-refractivity contribution in [1.82, 2.24) is 4.90 Å². The summed E-state index contributed by atoms with van der Waals surface area (Å²) in [5.41, 5.74) is 5.16. The topological polar surface area (TPSA) is 29.3 Å². The standard InChI is InChI=1S/C15H20F4N2.ClH/c1-10(20)12-4-6-21(7-5-12)9-11-2-3-14(16)13(8-11)15(17,18)19;/h2-3,8,10,12H,4-7,9,20H2,1H3;1H. The monoisotopic (exact) mass is 340 g/mol. The fourth-order valence-corrected chi connectivity index (χ4v) is 2.78. The van der Waals surface area contributed by atoms with Crippen molar-refractivity contribution in [1.29, 1.82) is 0 Å². The zero-order valence-corrected chi connectivity index (χ0v) is 13.2. The first-order valence-corrected chi connectivity index (χ1v) is 7.11. The van der Waals surface area contributed by atoms with Crippen LogP contribution in [-0.2, 0) is 12.7 Å². The molecule has 1 aromatic carbocycles. The smallest absolute Gasteiger partial charge is 0.328 e. The Labute approximate surface area is 134 Å². The zero-order chi connectivity index (χ0) is 15.6. The number of rotatable bonds is 3. The molecule has 126 valence electrons. The Kier molecular flexibility index (Phi) is 6.65. The van der Waals surface area contributed by atoms with E-state index in [2.05, 4.69) is 4.90 Å². The number of hydrogen-bond donors (Lipinski definition) is 1. The molecule has 1 saturated heterocycles. The van der Waals surface area contributed by atoms with Crippen LogP contribution in [0.1, 0.15) is 30.9 Å². The molecule has 1 atom stereocenters. The van der Waals surface area contributed by atoms with E-state index in [-0.39, 0.29) is 18.4 Å². The minimum Gasteiger partial charge on any atom is -0.328 e. The summed E-state index contributed by atoms with van der Waals surface area (Å²) in [5.74, 6) is -0.748. The SMILES string of the molecule is CC(N)C1CCN(Cc2ccc(F)c(C(F)(F)F)c2)CC1.Cl. The van der Waals surface area contributed by atoms with Crippen molar-refractivity contribution in [3.8, 4) is 0 Å². The van der Waals surface area contributed by atoms with Crippen LogP contribution >= 0.6 is 12.4 Å². The lowest BCUT2D eigenvalue weighted by Crippen LogP contribution is -2.39. The van der Waals surface area contributed by atoms with Crippen molar-refractivity contribution in [3.05, 3.63) is 35.1 Å². The second-order valence-electron chi connectivity index (χ2n) is 5.78. The van der Waals surface area contributed by atoms with E-state index < -0.39 is 17.6 Å². The summed E-state index contributed by atoms with van der Waals surface area (Å²) in [7, 11) is 0. The van der Waals surface area contributed by atoms with Gasteiger partial charge in [-0.05, 0) is 56.5 Å². The van der Waals surface area contributed by atoms with Gasteiger partial charge in [-0.15, -0.1) is 12.4 Å². The second kappa shape index (κ2) is 7.62. The third-order valence-electron chi connectivity index (χ3n) is 4.12. The molecule has 1 heterocycles. The van der Waals surface area contributed by atoms with E-state index in [1.165, 1.54) is 6.07 Å². The van der Waals surface area contributed by atoms with E-state index in [4.69, 9.17) is 5.73 Å². The number of nitrogens with zero attached hydrogens (tertiary/aromatic N) is 1. The molecule has 1 aliphatic heterocycles. The van der Waals surface area contributed by atoms with Crippen molar-refractivity contribution in [2.75, 3.05) is 13.1 Å². The van der Waals surface area contributed by atoms with Gasteiger partial charge in [-0.2, -0.15) is 13.2 Å². The highest BCUT2D eigenvalue weighted by molar-refractivity contribution is 5.85. The fourth-order valence-electron chi connectivity index (χ4n) is 2.78. The lowest BCUT2D eigenvalue weighted by Gasteiger charge is -2.33. The van der Waals surface area contributed by atoms with Crippen LogP contribution in [0, 0.1) is 11.7 Å². The van der Waals surface area contributed by atoms with E-state index in [0.717, 1.165) is 38.1 Å². The first kappa shape index (κ1) is 19.2. The van der Waals surface area contributed by atoms with Gasteiger partial charge in [0.2, 0.25) is 0 Å². The van der Waals surface area contributed by atoms with Crippen molar-refractivity contribution in [3.63, 3.8) is 0 Å². The first-order chi connectivity index (χ1) is 9.77. The number of nitrogens with two attached hydrogens (primary N) is 1. The van der Waals surface area contributed by atoms with Gasteiger partial charge in [0, 0.05) is 12.6 Å². The fraction of sp³-hybridized carbons (Fsp3) is 0.600. The van der Waals surface area contributed by atoms with Crippen molar-refractivity contribution < 1.29 is 17.6 Å². The third-order valence-corrected chi connectivity index (χ3v) is 4.12. The van der Waals surface area contributed by atoms with Crippen LogP contribution in [0.25, 0.3) is 0 Å². The molecule has 0 bridgehead atoms. The molecule has 7 heteroatoms. The maximum Gasteiger partial charge on any atom is 0.419 e. The van der Waals surface area contributed by atoms with Gasteiger partial charge in [-0.25, -0.2) is 4.39 Å². The lowest BCUT2D eigenvalue weighted by atomic mass is 9.91. The molecule has 2 rings (SSSR count). The lowest BCUT2D eigenvalue weighted by molar-refractivity contribution is -0.140. The average Bonchev–Trinajstić information content (AvgIpc) is 2.40. The quantitative estimate of drug-likeness (QED) is 0.847. The number of halogens is 5. The van der Waals surface area contributed by atoms with Crippen LogP contribution in [0.3, 0.4) is 0 Å². The van der Waals surface area contributed by atoms with E-state index >= 15 is 0 Å². The summed E-state index contributed by atoms with van der Waals surface area (Å²) < 4.78 is 51.3. The van der Waals surface area contributed by atoms with Crippen LogP contribution in [0.5, 0.6) is 0 Å². The minimum atomic E-state index is -4.65. The number of benzene rings is 1. The number of piperidine rings is 1. The highest BCUT2D eigenvalue weighted by atomic mass is 35.5. The predicted molar refractivity (Wildman–Crippen MR) is 80.3 cm³/mol. The van der Waals surface area contributed by atoms with Gasteiger partial charge in [-0.3, -0.25) is 4.90 Å². The Morgan fingerprint density at radius 1 is 1.27 bits per heavy atom. The number of likely N-dealkylation sites (tertiary alicyclic amines) is 1. The highest BCUT2D eigenvalue weighted by Crippen LogP contribution is 2.32. The molecule has 1 aromatic rings. The van der Waals surface area contributed by atoms with Gasteiger partial charge in [0.05, 0.1) is 5.56 Å². The van der Waals surface area contributed by atoms with Gasteiger partial charge >= 0.3 is 6.18 Å². The molecule has 0 aromatic heterocycles. The molecular weight excluding hydrogens is 320 g/mol. The molecule has 0 amide bonds. The van der Waals surface area contributed by atoms with Crippen LogP contribution < -0.4 is 5.73 Å². The molecule has 2 N–H and O–H groups in total. The van der Waals surface area contributed by atoms with Crippen molar-refractivity contribution >= 4 is 12.4 Å². The largest absolute Gasteiger partial charge is 0.419 e. The van der Waals surface area contributed by atoms with Gasteiger partial charge in [-0.1, -0.05) is 6.07 Å². The molecule has 1 unspecified atom stereocenters. The van der Waals surface area contributed by atoms with E-state index in [1.807, 2.05) is 6.92 Å². The maximum absolute atomic E-state index is 13.2. The summed E-state index contributed by atoms with van der Waals surface area (Å²) in [6.07, 6.45) is -2.75. The molecule has 0 radical (unpaired) electrons. The average molecular weight is 341 g/mol. The van der Waals surface area contributed by atoms with Crippen LogP contribution in [0.2, 0.25) is 0 Å². The molecule has 1 aliphatic rings. The van der Waals surface area contributed by atoms with E-state index in [9.17, 15) is 17.6 Å². The van der Waals surface area contributed by atoms with Gasteiger partial charge in [0.15, 0.2) is 0 Å². The third kappa shape index (κ3) is 4.83. The number of alkyl halides is 3. The summed E-state index contributed by atoms with van der Waals surface area (Å²) >= 11 is 0. The Morgan fingerprint density at radius 2 is 1.86 bits per heavy atom. The minimum absolute atomic E-state index is 0. The molecule has 2 nitrogen and oxygen atoms in total. The van der Waals surface area contributed by atoms with Crippen LogP contribution in [-0.4, -0.2) is 24.0 Å².